The Labute approximate surface area is 105 Å². The van der Waals surface area contributed by atoms with Crippen molar-refractivity contribution in [2.45, 2.75) is 13.0 Å². The number of hydrogen-bond donors (Lipinski definition) is 1. The minimum Gasteiger partial charge on any atom is -0.366 e. The number of nitrogens with zero attached hydrogens (tertiary/aromatic N) is 2. The van der Waals surface area contributed by atoms with E-state index < -0.39 is 4.92 Å². The number of nitrogens with one attached hydrogen (secondary N) is 1. The molecule has 1 aliphatic heterocycles. The number of nitro groups is 1. The standard InChI is InChI=1S/C12H15N3O3/c1-9-7-13-4-5-14(9)12-3-2-11(15(17)18)6-10(12)8-16/h2-3,6,8-9,13H,4-5,7H2,1H3/t9-/m0/s1. The molecule has 0 aromatic heterocycles. The van der Waals surface area contributed by atoms with E-state index in [-0.39, 0.29) is 11.7 Å². The second-order valence-electron chi connectivity index (χ2n) is 4.36. The van der Waals surface area contributed by atoms with Crippen LogP contribution in [0.3, 0.4) is 0 Å². The van der Waals surface area contributed by atoms with Gasteiger partial charge in [0.1, 0.15) is 0 Å². The predicted molar refractivity (Wildman–Crippen MR) is 68.2 cm³/mol. The molecule has 1 fully saturated rings. The van der Waals surface area contributed by atoms with Crippen LogP contribution in [0.25, 0.3) is 0 Å². The third kappa shape index (κ3) is 2.33. The molecule has 0 radical (unpaired) electrons. The van der Waals surface area contributed by atoms with Gasteiger partial charge in [-0.3, -0.25) is 14.9 Å². The summed E-state index contributed by atoms with van der Waals surface area (Å²) < 4.78 is 0. The Morgan fingerprint density at radius 3 is 2.94 bits per heavy atom. The first kappa shape index (κ1) is 12.5. The number of rotatable bonds is 3. The number of aldehydes is 1. The van der Waals surface area contributed by atoms with E-state index in [0.29, 0.717) is 11.8 Å². The molecule has 6 heteroatoms. The summed E-state index contributed by atoms with van der Waals surface area (Å²) in [6.07, 6.45) is 0.678. The van der Waals surface area contributed by atoms with Gasteiger partial charge in [-0.15, -0.1) is 0 Å². The Balaban J connectivity index is 2.37. The molecular weight excluding hydrogens is 234 g/mol. The van der Waals surface area contributed by atoms with E-state index in [1.165, 1.54) is 12.1 Å². The number of nitro benzene ring substituents is 1. The molecule has 1 heterocycles. The molecule has 0 unspecified atom stereocenters. The quantitative estimate of drug-likeness (QED) is 0.495. The van der Waals surface area contributed by atoms with Crippen molar-refractivity contribution in [3.05, 3.63) is 33.9 Å². The summed E-state index contributed by atoms with van der Waals surface area (Å²) in [7, 11) is 0. The summed E-state index contributed by atoms with van der Waals surface area (Å²) in [6.45, 7) is 4.54. The van der Waals surface area contributed by atoms with Gasteiger partial charge in [0.2, 0.25) is 0 Å². The smallest absolute Gasteiger partial charge is 0.270 e. The third-order valence-electron chi connectivity index (χ3n) is 3.16. The van der Waals surface area contributed by atoms with E-state index in [9.17, 15) is 14.9 Å². The average Bonchev–Trinajstić information content (AvgIpc) is 2.38. The lowest BCUT2D eigenvalue weighted by molar-refractivity contribution is -0.384. The molecule has 0 bridgehead atoms. The maximum Gasteiger partial charge on any atom is 0.270 e. The van der Waals surface area contributed by atoms with Crippen molar-refractivity contribution >= 4 is 17.7 Å². The Kier molecular flexibility index (Phi) is 3.57. The van der Waals surface area contributed by atoms with Gasteiger partial charge in [-0.25, -0.2) is 0 Å². The highest BCUT2D eigenvalue weighted by Gasteiger charge is 2.21. The molecule has 2 rings (SSSR count). The van der Waals surface area contributed by atoms with E-state index in [1.807, 2.05) is 0 Å². The predicted octanol–water partition coefficient (Wildman–Crippen LogP) is 1.21. The van der Waals surface area contributed by atoms with E-state index >= 15 is 0 Å². The highest BCUT2D eigenvalue weighted by molar-refractivity contribution is 5.86. The molecule has 96 valence electrons. The molecule has 0 saturated carbocycles. The van der Waals surface area contributed by atoms with Gasteiger partial charge in [-0.1, -0.05) is 0 Å². The lowest BCUT2D eigenvalue weighted by atomic mass is 10.1. The summed E-state index contributed by atoms with van der Waals surface area (Å²) in [5, 5.41) is 14.0. The average molecular weight is 249 g/mol. The fourth-order valence-electron chi connectivity index (χ4n) is 2.21. The summed E-state index contributed by atoms with van der Waals surface area (Å²) >= 11 is 0. The lowest BCUT2D eigenvalue weighted by Gasteiger charge is -2.36. The Morgan fingerprint density at radius 1 is 1.56 bits per heavy atom. The van der Waals surface area contributed by atoms with Crippen molar-refractivity contribution in [1.82, 2.24) is 5.32 Å². The van der Waals surface area contributed by atoms with Crippen molar-refractivity contribution in [3.63, 3.8) is 0 Å². The number of carbonyl (C=O) groups is 1. The van der Waals surface area contributed by atoms with Crippen molar-refractivity contribution in [2.24, 2.45) is 0 Å². The van der Waals surface area contributed by atoms with Gasteiger partial charge in [-0.05, 0) is 13.0 Å². The third-order valence-corrected chi connectivity index (χ3v) is 3.16. The SMILES string of the molecule is C[C@H]1CNCCN1c1ccc([N+](=O)[O-])cc1C=O. The fourth-order valence-corrected chi connectivity index (χ4v) is 2.21. The Bertz CT molecular complexity index is 476. The van der Waals surface area contributed by atoms with Gasteiger partial charge in [0.05, 0.1) is 4.92 Å². The summed E-state index contributed by atoms with van der Waals surface area (Å²) in [5.41, 5.74) is 1.09. The zero-order valence-corrected chi connectivity index (χ0v) is 10.1. The van der Waals surface area contributed by atoms with Gasteiger partial charge in [-0.2, -0.15) is 0 Å². The first-order valence-corrected chi connectivity index (χ1v) is 5.84. The number of benzene rings is 1. The molecule has 1 aliphatic rings. The first-order valence-electron chi connectivity index (χ1n) is 5.84. The van der Waals surface area contributed by atoms with Crippen LogP contribution in [-0.4, -0.2) is 36.9 Å². The molecule has 18 heavy (non-hydrogen) atoms. The maximum absolute atomic E-state index is 11.1. The van der Waals surface area contributed by atoms with E-state index in [2.05, 4.69) is 17.1 Å². The zero-order valence-electron chi connectivity index (χ0n) is 10.1. The summed E-state index contributed by atoms with van der Waals surface area (Å²) in [6, 6.07) is 4.69. The molecule has 1 saturated heterocycles. The highest BCUT2D eigenvalue weighted by Crippen LogP contribution is 2.26. The number of carbonyl (C=O) groups excluding carboxylic acids is 1. The highest BCUT2D eigenvalue weighted by atomic mass is 16.6. The number of anilines is 1. The van der Waals surface area contributed by atoms with E-state index in [1.54, 1.807) is 6.07 Å². The van der Waals surface area contributed by atoms with Crippen LogP contribution in [0.15, 0.2) is 18.2 Å². The van der Waals surface area contributed by atoms with Gasteiger partial charge in [0.25, 0.3) is 5.69 Å². The first-order chi connectivity index (χ1) is 8.63. The minimum absolute atomic E-state index is 0.0522. The van der Waals surface area contributed by atoms with Crippen LogP contribution < -0.4 is 10.2 Å². The minimum atomic E-state index is -0.488. The number of hydrogen-bond acceptors (Lipinski definition) is 5. The monoisotopic (exact) mass is 249 g/mol. The fraction of sp³-hybridized carbons (Fsp3) is 0.417. The van der Waals surface area contributed by atoms with Crippen LogP contribution in [0.5, 0.6) is 0 Å². The molecule has 0 aliphatic carbocycles. The van der Waals surface area contributed by atoms with Gasteiger partial charge < -0.3 is 10.2 Å². The molecule has 1 aromatic rings. The maximum atomic E-state index is 11.1. The molecule has 1 N–H and O–H groups in total. The van der Waals surface area contributed by atoms with E-state index in [4.69, 9.17) is 0 Å². The summed E-state index contributed by atoms with van der Waals surface area (Å²) in [4.78, 5) is 23.4. The van der Waals surface area contributed by atoms with Crippen molar-refractivity contribution in [1.29, 1.82) is 0 Å². The molecule has 0 spiro atoms. The molecular formula is C12H15N3O3. The molecule has 1 aromatic carbocycles. The number of non-ortho nitro benzene ring substituents is 1. The lowest BCUT2D eigenvalue weighted by Crippen LogP contribution is -2.50. The molecule has 1 atom stereocenters. The van der Waals surface area contributed by atoms with Gasteiger partial charge in [0.15, 0.2) is 6.29 Å². The van der Waals surface area contributed by atoms with Gasteiger partial charge >= 0.3 is 0 Å². The van der Waals surface area contributed by atoms with Crippen LogP contribution in [0, 0.1) is 10.1 Å². The molecule has 6 nitrogen and oxygen atoms in total. The van der Waals surface area contributed by atoms with Crippen molar-refractivity contribution in [3.8, 4) is 0 Å². The van der Waals surface area contributed by atoms with Crippen LogP contribution in [0.2, 0.25) is 0 Å². The van der Waals surface area contributed by atoms with E-state index in [0.717, 1.165) is 25.3 Å². The van der Waals surface area contributed by atoms with Crippen LogP contribution >= 0.6 is 0 Å². The Hall–Kier alpha value is -1.95. The second kappa shape index (κ2) is 5.14. The van der Waals surface area contributed by atoms with Crippen LogP contribution in [0.4, 0.5) is 11.4 Å². The zero-order chi connectivity index (χ0) is 13.1. The van der Waals surface area contributed by atoms with Crippen LogP contribution in [0.1, 0.15) is 17.3 Å². The topological polar surface area (TPSA) is 75.5 Å². The van der Waals surface area contributed by atoms with Crippen molar-refractivity contribution < 1.29 is 9.72 Å². The number of piperazine rings is 1. The molecule has 0 amide bonds. The largest absolute Gasteiger partial charge is 0.366 e. The second-order valence-corrected chi connectivity index (χ2v) is 4.36. The summed E-state index contributed by atoms with van der Waals surface area (Å²) in [5.74, 6) is 0. The Morgan fingerprint density at radius 2 is 2.33 bits per heavy atom. The van der Waals surface area contributed by atoms with Crippen molar-refractivity contribution in [2.75, 3.05) is 24.5 Å². The van der Waals surface area contributed by atoms with Gasteiger partial charge in [0, 0.05) is 49.1 Å². The van der Waals surface area contributed by atoms with Crippen LogP contribution in [-0.2, 0) is 0 Å². The normalized spacial score (nSPS) is 19.6.